The minimum absolute atomic E-state index is 0.0364. The van der Waals surface area contributed by atoms with E-state index in [9.17, 15) is 5.11 Å². The van der Waals surface area contributed by atoms with Gasteiger partial charge in [-0.2, -0.15) is 0 Å². The Morgan fingerprint density at radius 1 is 1.54 bits per heavy atom. The summed E-state index contributed by atoms with van der Waals surface area (Å²) in [5, 5.41) is 9.52. The SMILES string of the molecule is CC(O)c1cccnc1C(C)(C)I. The highest BCUT2D eigenvalue weighted by Gasteiger charge is 2.22. The zero-order valence-electron chi connectivity index (χ0n) is 8.08. The van der Waals surface area contributed by atoms with Gasteiger partial charge in [0, 0.05) is 11.8 Å². The average molecular weight is 291 g/mol. The molecule has 0 saturated carbocycles. The van der Waals surface area contributed by atoms with Crippen LogP contribution in [0.1, 0.15) is 38.1 Å². The number of nitrogens with zero attached hydrogens (tertiary/aromatic N) is 1. The number of pyridine rings is 1. The van der Waals surface area contributed by atoms with Crippen molar-refractivity contribution in [3.8, 4) is 0 Å². The lowest BCUT2D eigenvalue weighted by Crippen LogP contribution is -2.14. The molecule has 1 aromatic heterocycles. The van der Waals surface area contributed by atoms with E-state index in [4.69, 9.17) is 0 Å². The molecule has 0 aromatic carbocycles. The molecule has 0 aliphatic rings. The lowest BCUT2D eigenvalue weighted by atomic mass is 10.0. The minimum Gasteiger partial charge on any atom is -0.389 e. The van der Waals surface area contributed by atoms with Gasteiger partial charge >= 0.3 is 0 Å². The van der Waals surface area contributed by atoms with Crippen LogP contribution in [0.4, 0.5) is 0 Å². The van der Waals surface area contributed by atoms with Gasteiger partial charge in [-0.3, -0.25) is 4.98 Å². The molecule has 3 heteroatoms. The maximum atomic E-state index is 9.52. The Hall–Kier alpha value is -0.160. The van der Waals surface area contributed by atoms with Crippen LogP contribution in [-0.2, 0) is 3.42 Å². The minimum atomic E-state index is -0.447. The highest BCUT2D eigenvalue weighted by molar-refractivity contribution is 14.1. The normalized spacial score (nSPS) is 14.2. The summed E-state index contributed by atoms with van der Waals surface area (Å²) in [6.07, 6.45) is 1.32. The second-order valence-electron chi connectivity index (χ2n) is 3.59. The van der Waals surface area contributed by atoms with Crippen molar-refractivity contribution in [2.45, 2.75) is 30.3 Å². The summed E-state index contributed by atoms with van der Waals surface area (Å²) < 4.78 is -0.0364. The van der Waals surface area contributed by atoms with Crippen LogP contribution in [-0.4, -0.2) is 10.1 Å². The fourth-order valence-electron chi connectivity index (χ4n) is 1.25. The number of hydrogen-bond donors (Lipinski definition) is 1. The van der Waals surface area contributed by atoms with E-state index in [1.54, 1.807) is 13.1 Å². The van der Waals surface area contributed by atoms with Crippen LogP contribution in [0.15, 0.2) is 18.3 Å². The average Bonchev–Trinajstić information content (AvgIpc) is 2.03. The van der Waals surface area contributed by atoms with E-state index in [2.05, 4.69) is 41.4 Å². The molecule has 2 nitrogen and oxygen atoms in total. The lowest BCUT2D eigenvalue weighted by molar-refractivity contribution is 0.197. The molecule has 1 aromatic rings. The van der Waals surface area contributed by atoms with Crippen molar-refractivity contribution in [2.75, 3.05) is 0 Å². The smallest absolute Gasteiger partial charge is 0.0780 e. The quantitative estimate of drug-likeness (QED) is 0.671. The summed E-state index contributed by atoms with van der Waals surface area (Å²) in [4.78, 5) is 4.30. The van der Waals surface area contributed by atoms with E-state index in [0.717, 1.165) is 11.3 Å². The van der Waals surface area contributed by atoms with Gasteiger partial charge in [-0.1, -0.05) is 28.7 Å². The molecule has 0 spiro atoms. The number of aliphatic hydroxyl groups excluding tert-OH is 1. The fourth-order valence-corrected chi connectivity index (χ4v) is 1.70. The van der Waals surface area contributed by atoms with E-state index < -0.39 is 6.10 Å². The molecule has 0 saturated heterocycles. The molecule has 0 amide bonds. The van der Waals surface area contributed by atoms with Crippen LogP contribution < -0.4 is 0 Å². The zero-order valence-corrected chi connectivity index (χ0v) is 10.2. The van der Waals surface area contributed by atoms with Gasteiger partial charge in [0.25, 0.3) is 0 Å². The van der Waals surface area contributed by atoms with E-state index in [-0.39, 0.29) is 3.42 Å². The number of alkyl halides is 1. The first kappa shape index (κ1) is 10.9. The molecule has 0 bridgehead atoms. The van der Waals surface area contributed by atoms with Crippen molar-refractivity contribution in [1.82, 2.24) is 4.98 Å². The topological polar surface area (TPSA) is 33.1 Å². The standard InChI is InChI=1S/C10H14INO/c1-7(13)8-5-4-6-12-9(8)10(2,3)11/h4-7,13H,1-3H3. The number of hydrogen-bond acceptors (Lipinski definition) is 2. The van der Waals surface area contributed by atoms with Crippen molar-refractivity contribution in [3.05, 3.63) is 29.6 Å². The molecule has 0 aliphatic heterocycles. The van der Waals surface area contributed by atoms with Crippen LogP contribution in [0.25, 0.3) is 0 Å². The van der Waals surface area contributed by atoms with Gasteiger partial charge in [0.2, 0.25) is 0 Å². The Morgan fingerprint density at radius 3 is 2.54 bits per heavy atom. The maximum absolute atomic E-state index is 9.52. The Labute approximate surface area is 92.5 Å². The summed E-state index contributed by atoms with van der Waals surface area (Å²) in [6.45, 7) is 5.94. The Kier molecular flexibility index (Phi) is 3.29. The first-order valence-electron chi connectivity index (χ1n) is 4.25. The molecule has 1 rings (SSSR count). The third-order valence-corrected chi connectivity index (χ3v) is 2.36. The van der Waals surface area contributed by atoms with Crippen LogP contribution in [0.3, 0.4) is 0 Å². The molecule has 0 fully saturated rings. The zero-order chi connectivity index (χ0) is 10.1. The van der Waals surface area contributed by atoms with E-state index in [1.165, 1.54) is 0 Å². The molecule has 0 aliphatic carbocycles. The highest BCUT2D eigenvalue weighted by atomic mass is 127. The predicted octanol–water partition coefficient (Wildman–Crippen LogP) is 2.81. The van der Waals surface area contributed by atoms with Crippen molar-refractivity contribution in [2.24, 2.45) is 0 Å². The first-order valence-corrected chi connectivity index (χ1v) is 5.33. The van der Waals surface area contributed by atoms with E-state index in [0.29, 0.717) is 0 Å². The van der Waals surface area contributed by atoms with Crippen LogP contribution in [0.5, 0.6) is 0 Å². The van der Waals surface area contributed by atoms with E-state index >= 15 is 0 Å². The van der Waals surface area contributed by atoms with Crippen LogP contribution in [0, 0.1) is 0 Å². The highest BCUT2D eigenvalue weighted by Crippen LogP contribution is 2.33. The molecular formula is C10H14INO. The summed E-state index contributed by atoms with van der Waals surface area (Å²) in [5.74, 6) is 0. The first-order chi connectivity index (χ1) is 5.93. The van der Waals surface area contributed by atoms with Gasteiger partial charge in [-0.15, -0.1) is 0 Å². The molecule has 1 unspecified atom stereocenters. The van der Waals surface area contributed by atoms with Crippen LogP contribution >= 0.6 is 22.6 Å². The lowest BCUT2D eigenvalue weighted by Gasteiger charge is -2.20. The second-order valence-corrected chi connectivity index (χ2v) is 6.29. The number of aliphatic hydroxyl groups is 1. The second kappa shape index (κ2) is 3.92. The maximum Gasteiger partial charge on any atom is 0.0780 e. The van der Waals surface area contributed by atoms with Gasteiger partial charge in [-0.05, 0) is 26.8 Å². The van der Waals surface area contributed by atoms with Gasteiger partial charge in [0.1, 0.15) is 0 Å². The molecule has 13 heavy (non-hydrogen) atoms. The summed E-state index contributed by atoms with van der Waals surface area (Å²) >= 11 is 2.33. The summed E-state index contributed by atoms with van der Waals surface area (Å²) in [6, 6.07) is 3.78. The number of aromatic nitrogens is 1. The summed E-state index contributed by atoms with van der Waals surface area (Å²) in [7, 11) is 0. The monoisotopic (exact) mass is 291 g/mol. The third-order valence-electron chi connectivity index (χ3n) is 1.85. The van der Waals surface area contributed by atoms with Crippen molar-refractivity contribution < 1.29 is 5.11 Å². The predicted molar refractivity (Wildman–Crippen MR) is 61.9 cm³/mol. The Bertz CT molecular complexity index is 291. The van der Waals surface area contributed by atoms with Crippen LogP contribution in [0.2, 0.25) is 0 Å². The molecule has 1 atom stereocenters. The van der Waals surface area contributed by atoms with Crippen molar-refractivity contribution >= 4 is 22.6 Å². The van der Waals surface area contributed by atoms with Gasteiger partial charge in [0.15, 0.2) is 0 Å². The van der Waals surface area contributed by atoms with Crippen molar-refractivity contribution in [3.63, 3.8) is 0 Å². The van der Waals surface area contributed by atoms with Gasteiger partial charge in [-0.25, -0.2) is 0 Å². The molecular weight excluding hydrogens is 277 g/mol. The Balaban J connectivity index is 3.20. The van der Waals surface area contributed by atoms with Crippen molar-refractivity contribution in [1.29, 1.82) is 0 Å². The molecule has 1 heterocycles. The largest absolute Gasteiger partial charge is 0.389 e. The Morgan fingerprint density at radius 2 is 2.15 bits per heavy atom. The number of rotatable bonds is 2. The fraction of sp³-hybridized carbons (Fsp3) is 0.500. The number of halogens is 1. The van der Waals surface area contributed by atoms with E-state index in [1.807, 2.05) is 12.1 Å². The van der Waals surface area contributed by atoms with Gasteiger partial charge in [0.05, 0.1) is 15.2 Å². The van der Waals surface area contributed by atoms with Gasteiger partial charge < -0.3 is 5.11 Å². The molecule has 72 valence electrons. The third kappa shape index (κ3) is 2.64. The molecule has 0 radical (unpaired) electrons. The molecule has 1 N–H and O–H groups in total. The summed E-state index contributed by atoms with van der Waals surface area (Å²) in [5.41, 5.74) is 1.88.